The van der Waals surface area contributed by atoms with Crippen LogP contribution in [0.3, 0.4) is 0 Å². The summed E-state index contributed by atoms with van der Waals surface area (Å²) in [5, 5.41) is 0. The van der Waals surface area contributed by atoms with Crippen LogP contribution in [0.4, 0.5) is 8.78 Å². The van der Waals surface area contributed by atoms with Gasteiger partial charge >= 0.3 is 0 Å². The number of nitrogens with two attached hydrogens (primary N) is 1. The van der Waals surface area contributed by atoms with Gasteiger partial charge in [0.25, 0.3) is 6.43 Å². The van der Waals surface area contributed by atoms with Crippen molar-refractivity contribution in [3.8, 4) is 11.5 Å². The van der Waals surface area contributed by atoms with Crippen LogP contribution < -0.4 is 15.2 Å². The maximum atomic E-state index is 12.5. The second kappa shape index (κ2) is 5.45. The van der Waals surface area contributed by atoms with E-state index in [9.17, 15) is 8.78 Å². The van der Waals surface area contributed by atoms with E-state index in [1.54, 1.807) is 6.07 Å². The summed E-state index contributed by atoms with van der Waals surface area (Å²) in [4.78, 5) is 0. The molecule has 0 spiro atoms. The smallest absolute Gasteiger partial charge is 0.257 e. The SMILES string of the molecule is COc1cc([C@H](N)C(F)F)c(OC)cc1Br. The van der Waals surface area contributed by atoms with Crippen molar-refractivity contribution in [2.24, 2.45) is 5.73 Å². The van der Waals surface area contributed by atoms with Gasteiger partial charge in [-0.3, -0.25) is 0 Å². The first-order valence-corrected chi connectivity index (χ1v) is 5.25. The van der Waals surface area contributed by atoms with Crippen LogP contribution in [0.2, 0.25) is 0 Å². The van der Waals surface area contributed by atoms with Gasteiger partial charge in [0, 0.05) is 5.56 Å². The number of alkyl halides is 2. The Bertz CT molecular complexity index is 374. The largest absolute Gasteiger partial charge is 0.496 e. The number of ether oxygens (including phenoxy) is 2. The van der Waals surface area contributed by atoms with Crippen LogP contribution in [0.15, 0.2) is 16.6 Å². The van der Waals surface area contributed by atoms with E-state index in [0.29, 0.717) is 16.0 Å². The van der Waals surface area contributed by atoms with Gasteiger partial charge in [0.05, 0.1) is 24.7 Å². The molecule has 0 radical (unpaired) electrons. The first kappa shape index (κ1) is 13.2. The Balaban J connectivity index is 3.24. The van der Waals surface area contributed by atoms with Crippen molar-refractivity contribution >= 4 is 15.9 Å². The van der Waals surface area contributed by atoms with Crippen LogP contribution in [-0.2, 0) is 0 Å². The lowest BCUT2D eigenvalue weighted by atomic mass is 10.1. The molecule has 3 nitrogen and oxygen atoms in total. The van der Waals surface area contributed by atoms with Crippen molar-refractivity contribution < 1.29 is 18.3 Å². The molecular weight excluding hydrogens is 284 g/mol. The number of hydrogen-bond acceptors (Lipinski definition) is 3. The first-order valence-electron chi connectivity index (χ1n) is 4.46. The zero-order valence-corrected chi connectivity index (χ0v) is 10.4. The van der Waals surface area contributed by atoms with Crippen LogP contribution in [-0.4, -0.2) is 20.6 Å². The molecule has 0 bridgehead atoms. The lowest BCUT2D eigenvalue weighted by Gasteiger charge is -2.17. The quantitative estimate of drug-likeness (QED) is 0.929. The van der Waals surface area contributed by atoms with Crippen LogP contribution in [0, 0.1) is 0 Å². The van der Waals surface area contributed by atoms with Crippen molar-refractivity contribution in [2.45, 2.75) is 12.5 Å². The van der Waals surface area contributed by atoms with Gasteiger partial charge in [-0.05, 0) is 28.1 Å². The maximum Gasteiger partial charge on any atom is 0.257 e. The summed E-state index contributed by atoms with van der Waals surface area (Å²) < 4.78 is 35.7. The molecule has 1 rings (SSSR count). The molecule has 1 aromatic rings. The highest BCUT2D eigenvalue weighted by atomic mass is 79.9. The molecule has 0 heterocycles. The molecule has 0 aliphatic heterocycles. The predicted octanol–water partition coefficient (Wildman–Crippen LogP) is 2.73. The molecular formula is C10H12BrF2NO2. The summed E-state index contributed by atoms with van der Waals surface area (Å²) in [6.45, 7) is 0. The number of halogens is 3. The van der Waals surface area contributed by atoms with E-state index >= 15 is 0 Å². The Hall–Kier alpha value is -0.880. The molecule has 0 unspecified atom stereocenters. The lowest BCUT2D eigenvalue weighted by Crippen LogP contribution is -2.19. The fraction of sp³-hybridized carbons (Fsp3) is 0.400. The summed E-state index contributed by atoms with van der Waals surface area (Å²) >= 11 is 3.24. The van der Waals surface area contributed by atoms with Crippen molar-refractivity contribution in [1.82, 2.24) is 0 Å². The zero-order valence-electron chi connectivity index (χ0n) is 8.84. The molecule has 0 aliphatic carbocycles. The highest BCUT2D eigenvalue weighted by Gasteiger charge is 2.23. The van der Waals surface area contributed by atoms with Crippen LogP contribution >= 0.6 is 15.9 Å². The summed E-state index contributed by atoms with van der Waals surface area (Å²) in [7, 11) is 2.85. The fourth-order valence-corrected chi connectivity index (χ4v) is 1.76. The Morgan fingerprint density at radius 3 is 2.19 bits per heavy atom. The number of methoxy groups -OCH3 is 2. The highest BCUT2D eigenvalue weighted by Crippen LogP contribution is 2.36. The second-order valence-electron chi connectivity index (χ2n) is 3.09. The van der Waals surface area contributed by atoms with Crippen molar-refractivity contribution in [1.29, 1.82) is 0 Å². The van der Waals surface area contributed by atoms with Crippen molar-refractivity contribution in [2.75, 3.05) is 14.2 Å². The summed E-state index contributed by atoms with van der Waals surface area (Å²) in [5.41, 5.74) is 5.61. The second-order valence-corrected chi connectivity index (χ2v) is 3.94. The van der Waals surface area contributed by atoms with Crippen LogP contribution in [0.5, 0.6) is 11.5 Å². The molecule has 16 heavy (non-hydrogen) atoms. The molecule has 0 fully saturated rings. The Morgan fingerprint density at radius 2 is 1.75 bits per heavy atom. The predicted molar refractivity (Wildman–Crippen MR) is 60.2 cm³/mol. The fourth-order valence-electron chi connectivity index (χ4n) is 1.28. The minimum Gasteiger partial charge on any atom is -0.496 e. The molecule has 0 aromatic heterocycles. The first-order chi connectivity index (χ1) is 7.51. The standard InChI is InChI=1S/C10H12BrF2NO2/c1-15-7-4-6(11)8(16-2)3-5(7)9(14)10(12)13/h3-4,9-10H,14H2,1-2H3/t9-/m0/s1. The molecule has 0 aliphatic rings. The molecule has 0 amide bonds. The van der Waals surface area contributed by atoms with E-state index < -0.39 is 12.5 Å². The Labute approximate surface area is 101 Å². The molecule has 2 N–H and O–H groups in total. The summed E-state index contributed by atoms with van der Waals surface area (Å²) in [6.07, 6.45) is -2.65. The average Bonchev–Trinajstić information content (AvgIpc) is 2.27. The van der Waals surface area contributed by atoms with Gasteiger partial charge in [-0.2, -0.15) is 0 Å². The zero-order chi connectivity index (χ0) is 12.3. The Morgan fingerprint density at radius 1 is 1.19 bits per heavy atom. The molecule has 1 atom stereocenters. The minimum atomic E-state index is -2.65. The van der Waals surface area contributed by atoms with E-state index in [4.69, 9.17) is 15.2 Å². The van der Waals surface area contributed by atoms with Gasteiger partial charge in [0.15, 0.2) is 0 Å². The molecule has 1 aromatic carbocycles. The normalized spacial score (nSPS) is 12.7. The monoisotopic (exact) mass is 295 g/mol. The molecule has 6 heteroatoms. The van der Waals surface area contributed by atoms with Gasteiger partial charge in [-0.1, -0.05) is 0 Å². The minimum absolute atomic E-state index is 0.220. The van der Waals surface area contributed by atoms with E-state index in [1.807, 2.05) is 0 Å². The highest BCUT2D eigenvalue weighted by molar-refractivity contribution is 9.10. The van der Waals surface area contributed by atoms with E-state index in [-0.39, 0.29) is 5.56 Å². The van der Waals surface area contributed by atoms with E-state index in [1.165, 1.54) is 20.3 Å². The molecule has 90 valence electrons. The lowest BCUT2D eigenvalue weighted by molar-refractivity contribution is 0.115. The van der Waals surface area contributed by atoms with Gasteiger partial charge < -0.3 is 15.2 Å². The average molecular weight is 296 g/mol. The van der Waals surface area contributed by atoms with Gasteiger partial charge in [0.2, 0.25) is 0 Å². The third kappa shape index (κ3) is 2.62. The van der Waals surface area contributed by atoms with E-state index in [2.05, 4.69) is 15.9 Å². The Kier molecular flexibility index (Phi) is 4.49. The van der Waals surface area contributed by atoms with Gasteiger partial charge in [-0.15, -0.1) is 0 Å². The van der Waals surface area contributed by atoms with Crippen LogP contribution in [0.25, 0.3) is 0 Å². The van der Waals surface area contributed by atoms with Gasteiger partial charge in [0.1, 0.15) is 11.5 Å². The topological polar surface area (TPSA) is 44.5 Å². The molecule has 0 saturated heterocycles. The summed E-state index contributed by atoms with van der Waals surface area (Å²) in [6, 6.07) is 1.60. The van der Waals surface area contributed by atoms with E-state index in [0.717, 1.165) is 0 Å². The van der Waals surface area contributed by atoms with Gasteiger partial charge in [-0.25, -0.2) is 8.78 Å². The number of hydrogen-bond donors (Lipinski definition) is 1. The number of rotatable bonds is 4. The third-order valence-electron chi connectivity index (χ3n) is 2.13. The van der Waals surface area contributed by atoms with Crippen LogP contribution in [0.1, 0.15) is 11.6 Å². The molecule has 0 saturated carbocycles. The third-order valence-corrected chi connectivity index (χ3v) is 2.75. The number of benzene rings is 1. The van der Waals surface area contributed by atoms with Crippen molar-refractivity contribution in [3.63, 3.8) is 0 Å². The summed E-state index contributed by atoms with van der Waals surface area (Å²) in [5.74, 6) is 0.743. The van der Waals surface area contributed by atoms with Crippen molar-refractivity contribution in [3.05, 3.63) is 22.2 Å². The maximum absolute atomic E-state index is 12.5.